The molecule has 1 fully saturated rings. The molecule has 2 amide bonds. The Labute approximate surface area is 134 Å². The molecule has 0 unspecified atom stereocenters. The predicted octanol–water partition coefficient (Wildman–Crippen LogP) is 1.23. The number of ether oxygens (including phenoxy) is 1. The van der Waals surface area contributed by atoms with Crippen molar-refractivity contribution in [3.8, 4) is 0 Å². The lowest BCUT2D eigenvalue weighted by Gasteiger charge is -2.27. The van der Waals surface area contributed by atoms with Crippen LogP contribution in [-0.2, 0) is 20.7 Å². The van der Waals surface area contributed by atoms with Crippen LogP contribution in [0.2, 0.25) is 0 Å². The van der Waals surface area contributed by atoms with Crippen LogP contribution in [0.3, 0.4) is 0 Å². The second kappa shape index (κ2) is 7.13. The zero-order chi connectivity index (χ0) is 17.0. The molecule has 0 bridgehead atoms. The lowest BCUT2D eigenvalue weighted by atomic mass is 10.0. The molecule has 1 heterocycles. The fourth-order valence-electron chi connectivity index (χ4n) is 2.52. The number of nitrogens with one attached hydrogen (secondary N) is 1. The molecule has 1 aromatic carbocycles. The monoisotopic (exact) mass is 320 g/mol. The third-order valence-electron chi connectivity index (χ3n) is 3.76. The number of rotatable bonds is 5. The molecule has 1 saturated heterocycles. The van der Waals surface area contributed by atoms with Crippen molar-refractivity contribution in [3.05, 3.63) is 35.9 Å². The maximum atomic E-state index is 12.6. The average Bonchev–Trinajstić information content (AvgIpc) is 2.86. The van der Waals surface area contributed by atoms with E-state index in [1.54, 1.807) is 13.8 Å². The summed E-state index contributed by atoms with van der Waals surface area (Å²) < 4.78 is 5.00. The van der Waals surface area contributed by atoms with Crippen LogP contribution in [0.4, 0.5) is 4.79 Å². The summed E-state index contributed by atoms with van der Waals surface area (Å²) in [6.45, 7) is 3.33. The standard InChI is InChI=1S/C16H20N2O5/c1-10(2)13(17-16(21)22)14(19)18-9-23-15(20)12(18)8-11-6-4-3-5-7-11/h3-7,10,12-13,17H,8-9H2,1-2H3,(H,21,22)/t12-,13+/m1/s1. The van der Waals surface area contributed by atoms with Gasteiger partial charge in [-0.15, -0.1) is 0 Å². The molecular weight excluding hydrogens is 300 g/mol. The number of nitrogens with zero attached hydrogens (tertiary/aromatic N) is 1. The van der Waals surface area contributed by atoms with Crippen molar-refractivity contribution in [2.75, 3.05) is 6.73 Å². The average molecular weight is 320 g/mol. The van der Waals surface area contributed by atoms with Gasteiger partial charge in [0.2, 0.25) is 5.91 Å². The Hall–Kier alpha value is -2.57. The Morgan fingerprint density at radius 3 is 2.57 bits per heavy atom. The van der Waals surface area contributed by atoms with Gasteiger partial charge in [-0.3, -0.25) is 9.69 Å². The molecule has 0 aliphatic carbocycles. The first-order valence-corrected chi connectivity index (χ1v) is 7.40. The summed E-state index contributed by atoms with van der Waals surface area (Å²) in [7, 11) is 0. The van der Waals surface area contributed by atoms with Crippen LogP contribution in [0.15, 0.2) is 30.3 Å². The minimum atomic E-state index is -1.27. The van der Waals surface area contributed by atoms with Gasteiger partial charge in [0.1, 0.15) is 12.1 Å². The van der Waals surface area contributed by atoms with Crippen molar-refractivity contribution < 1.29 is 24.2 Å². The van der Waals surface area contributed by atoms with E-state index in [1.165, 1.54) is 4.90 Å². The zero-order valence-corrected chi connectivity index (χ0v) is 13.1. The van der Waals surface area contributed by atoms with E-state index >= 15 is 0 Å². The summed E-state index contributed by atoms with van der Waals surface area (Å²) >= 11 is 0. The molecule has 2 atom stereocenters. The Morgan fingerprint density at radius 2 is 2.00 bits per heavy atom. The number of hydrogen-bond donors (Lipinski definition) is 2. The van der Waals surface area contributed by atoms with Crippen molar-refractivity contribution in [1.29, 1.82) is 0 Å². The van der Waals surface area contributed by atoms with E-state index in [0.717, 1.165) is 5.56 Å². The Morgan fingerprint density at radius 1 is 1.35 bits per heavy atom. The van der Waals surface area contributed by atoms with Crippen LogP contribution in [0.1, 0.15) is 19.4 Å². The molecule has 23 heavy (non-hydrogen) atoms. The lowest BCUT2D eigenvalue weighted by molar-refractivity contribution is -0.139. The van der Waals surface area contributed by atoms with E-state index in [9.17, 15) is 14.4 Å². The third kappa shape index (κ3) is 4.00. The summed E-state index contributed by atoms with van der Waals surface area (Å²) in [4.78, 5) is 36.8. The Bertz CT molecular complexity index is 587. The van der Waals surface area contributed by atoms with Crippen LogP contribution < -0.4 is 5.32 Å². The summed E-state index contributed by atoms with van der Waals surface area (Å²) in [6.07, 6.45) is -0.938. The molecule has 124 valence electrons. The highest BCUT2D eigenvalue weighted by molar-refractivity contribution is 5.91. The second-order valence-electron chi connectivity index (χ2n) is 5.78. The summed E-state index contributed by atoms with van der Waals surface area (Å²) in [6, 6.07) is 7.65. The van der Waals surface area contributed by atoms with Crippen LogP contribution in [-0.4, -0.2) is 46.8 Å². The fraction of sp³-hybridized carbons (Fsp3) is 0.438. The predicted molar refractivity (Wildman–Crippen MR) is 81.5 cm³/mol. The molecule has 1 aromatic rings. The van der Waals surface area contributed by atoms with E-state index in [0.29, 0.717) is 6.42 Å². The summed E-state index contributed by atoms with van der Waals surface area (Å²) in [5.41, 5.74) is 0.904. The Balaban J connectivity index is 2.17. The van der Waals surface area contributed by atoms with Crippen LogP contribution in [0.5, 0.6) is 0 Å². The maximum Gasteiger partial charge on any atom is 0.405 e. The highest BCUT2D eigenvalue weighted by Crippen LogP contribution is 2.19. The van der Waals surface area contributed by atoms with E-state index in [1.807, 2.05) is 30.3 Å². The lowest BCUT2D eigenvalue weighted by Crippen LogP contribution is -2.53. The van der Waals surface area contributed by atoms with Gasteiger partial charge in [-0.1, -0.05) is 44.2 Å². The number of cyclic esters (lactones) is 1. The first-order valence-electron chi connectivity index (χ1n) is 7.40. The molecule has 7 heteroatoms. The van der Waals surface area contributed by atoms with Crippen LogP contribution >= 0.6 is 0 Å². The van der Waals surface area contributed by atoms with Gasteiger partial charge in [-0.2, -0.15) is 0 Å². The van der Waals surface area contributed by atoms with Crippen molar-refractivity contribution in [2.45, 2.75) is 32.4 Å². The zero-order valence-electron chi connectivity index (χ0n) is 13.1. The highest BCUT2D eigenvalue weighted by atomic mass is 16.6. The van der Waals surface area contributed by atoms with Gasteiger partial charge in [0.15, 0.2) is 6.73 Å². The normalized spacial score (nSPS) is 18.7. The quantitative estimate of drug-likeness (QED) is 0.796. The van der Waals surface area contributed by atoms with Crippen molar-refractivity contribution in [2.24, 2.45) is 5.92 Å². The SMILES string of the molecule is CC(C)[C@H](NC(=O)O)C(=O)N1COC(=O)[C@H]1Cc1ccccc1. The molecule has 0 aromatic heterocycles. The number of carbonyl (C=O) groups excluding carboxylic acids is 2. The molecule has 7 nitrogen and oxygen atoms in total. The maximum absolute atomic E-state index is 12.6. The number of hydrogen-bond acceptors (Lipinski definition) is 4. The molecule has 0 radical (unpaired) electrons. The van der Waals surface area contributed by atoms with Gasteiger partial charge in [-0.05, 0) is 11.5 Å². The van der Waals surface area contributed by atoms with Gasteiger partial charge in [0.05, 0.1) is 0 Å². The summed E-state index contributed by atoms with van der Waals surface area (Å²) in [5.74, 6) is -1.17. The van der Waals surface area contributed by atoms with Crippen molar-refractivity contribution in [1.82, 2.24) is 10.2 Å². The molecular formula is C16H20N2O5. The highest BCUT2D eigenvalue weighted by Gasteiger charge is 2.41. The van der Waals surface area contributed by atoms with E-state index < -0.39 is 30.1 Å². The number of carboxylic acid groups (broad SMARTS) is 1. The number of esters is 1. The van der Waals surface area contributed by atoms with E-state index in [2.05, 4.69) is 5.32 Å². The van der Waals surface area contributed by atoms with Gasteiger partial charge in [0, 0.05) is 6.42 Å². The minimum Gasteiger partial charge on any atom is -0.465 e. The van der Waals surface area contributed by atoms with Gasteiger partial charge in [0.25, 0.3) is 0 Å². The first kappa shape index (κ1) is 16.8. The van der Waals surface area contributed by atoms with Crippen LogP contribution in [0, 0.1) is 5.92 Å². The molecule has 0 spiro atoms. The third-order valence-corrected chi connectivity index (χ3v) is 3.76. The minimum absolute atomic E-state index is 0.153. The van der Waals surface area contributed by atoms with Gasteiger partial charge < -0.3 is 15.2 Å². The largest absolute Gasteiger partial charge is 0.465 e. The Kier molecular flexibility index (Phi) is 5.20. The molecule has 1 aliphatic rings. The molecule has 1 aliphatic heterocycles. The van der Waals surface area contributed by atoms with Gasteiger partial charge in [-0.25, -0.2) is 9.59 Å². The van der Waals surface area contributed by atoms with E-state index in [-0.39, 0.29) is 12.6 Å². The fourth-order valence-corrected chi connectivity index (χ4v) is 2.52. The topological polar surface area (TPSA) is 95.9 Å². The number of amides is 2. The summed E-state index contributed by atoms with van der Waals surface area (Å²) in [5, 5.41) is 11.1. The van der Waals surface area contributed by atoms with E-state index in [4.69, 9.17) is 9.84 Å². The van der Waals surface area contributed by atoms with Crippen LogP contribution in [0.25, 0.3) is 0 Å². The molecule has 2 N–H and O–H groups in total. The number of carbonyl (C=O) groups is 3. The molecule has 2 rings (SSSR count). The molecule has 0 saturated carbocycles. The second-order valence-corrected chi connectivity index (χ2v) is 5.78. The smallest absolute Gasteiger partial charge is 0.405 e. The first-order chi connectivity index (χ1) is 10.9. The number of benzene rings is 1. The van der Waals surface area contributed by atoms with Crippen molar-refractivity contribution in [3.63, 3.8) is 0 Å². The van der Waals surface area contributed by atoms with Crippen molar-refractivity contribution >= 4 is 18.0 Å². The van der Waals surface area contributed by atoms with Gasteiger partial charge >= 0.3 is 12.1 Å².